The van der Waals surface area contributed by atoms with Crippen molar-refractivity contribution >= 4 is 18.3 Å². The molecule has 2 heterocycles. The first-order valence-corrected chi connectivity index (χ1v) is 7.62. The van der Waals surface area contributed by atoms with E-state index in [-0.39, 0.29) is 18.3 Å². The van der Waals surface area contributed by atoms with Crippen molar-refractivity contribution in [1.29, 1.82) is 0 Å². The highest BCUT2D eigenvalue weighted by molar-refractivity contribution is 5.98. The number of para-hydroxylation sites is 1. The molecule has 1 aromatic carbocycles. The van der Waals surface area contributed by atoms with E-state index in [9.17, 15) is 4.79 Å². The highest BCUT2D eigenvalue weighted by atomic mass is 35.5. The van der Waals surface area contributed by atoms with Crippen molar-refractivity contribution in [1.82, 2.24) is 10.2 Å². The molecule has 1 N–H and O–H groups in total. The van der Waals surface area contributed by atoms with Crippen molar-refractivity contribution in [3.05, 3.63) is 23.8 Å². The highest BCUT2D eigenvalue weighted by Crippen LogP contribution is 2.34. The Morgan fingerprint density at radius 1 is 1.36 bits per heavy atom. The van der Waals surface area contributed by atoms with Gasteiger partial charge in [-0.2, -0.15) is 0 Å². The van der Waals surface area contributed by atoms with E-state index in [2.05, 4.69) is 5.32 Å². The molecule has 2 aliphatic rings. The fourth-order valence-electron chi connectivity index (χ4n) is 3.12. The number of rotatable bonds is 3. The Labute approximate surface area is 137 Å². The number of carbonyl (C=O) groups excluding carboxylic acids is 1. The van der Waals surface area contributed by atoms with Crippen molar-refractivity contribution in [2.24, 2.45) is 5.92 Å². The summed E-state index contributed by atoms with van der Waals surface area (Å²) < 4.78 is 11.2. The molecule has 0 saturated carbocycles. The molecule has 0 aromatic heterocycles. The zero-order valence-corrected chi connectivity index (χ0v) is 13.7. The number of nitrogens with zero attached hydrogens (tertiary/aromatic N) is 1. The molecule has 0 bridgehead atoms. The van der Waals surface area contributed by atoms with Crippen LogP contribution in [0, 0.1) is 5.92 Å². The summed E-state index contributed by atoms with van der Waals surface area (Å²) in [5, 5.41) is 3.20. The second-order valence-corrected chi connectivity index (χ2v) is 5.65. The first kappa shape index (κ1) is 16.9. The molecule has 6 heteroatoms. The average molecular weight is 327 g/mol. The lowest BCUT2D eigenvalue weighted by Crippen LogP contribution is -2.42. The van der Waals surface area contributed by atoms with E-state index >= 15 is 0 Å². The fourth-order valence-corrected chi connectivity index (χ4v) is 3.12. The molecule has 1 aromatic rings. The molecule has 1 atom stereocenters. The predicted molar refractivity (Wildman–Crippen MR) is 87.2 cm³/mol. The van der Waals surface area contributed by atoms with Gasteiger partial charge in [0.1, 0.15) is 13.2 Å². The van der Waals surface area contributed by atoms with Crippen LogP contribution in [0.2, 0.25) is 0 Å². The van der Waals surface area contributed by atoms with Crippen LogP contribution in [0.3, 0.4) is 0 Å². The molecule has 1 unspecified atom stereocenters. The van der Waals surface area contributed by atoms with Gasteiger partial charge in [-0.25, -0.2) is 0 Å². The summed E-state index contributed by atoms with van der Waals surface area (Å²) in [4.78, 5) is 14.7. The molecule has 1 amide bonds. The van der Waals surface area contributed by atoms with Crippen LogP contribution in [0.4, 0.5) is 0 Å². The van der Waals surface area contributed by atoms with Crippen molar-refractivity contribution in [2.75, 3.05) is 39.9 Å². The minimum atomic E-state index is 0. The third kappa shape index (κ3) is 3.47. The quantitative estimate of drug-likeness (QED) is 0.922. The summed E-state index contributed by atoms with van der Waals surface area (Å²) in [6.07, 6.45) is 2.24. The summed E-state index contributed by atoms with van der Waals surface area (Å²) in [7, 11) is 1.96. The van der Waals surface area contributed by atoms with Gasteiger partial charge >= 0.3 is 0 Å². The van der Waals surface area contributed by atoms with Gasteiger partial charge in [0.15, 0.2) is 11.5 Å². The second kappa shape index (κ2) is 7.70. The Kier molecular flexibility index (Phi) is 5.91. The monoisotopic (exact) mass is 326 g/mol. The third-order valence-corrected chi connectivity index (χ3v) is 4.10. The van der Waals surface area contributed by atoms with E-state index in [1.54, 1.807) is 0 Å². The van der Waals surface area contributed by atoms with Crippen LogP contribution < -0.4 is 14.8 Å². The number of ether oxygens (including phenoxy) is 2. The molecule has 3 rings (SSSR count). The summed E-state index contributed by atoms with van der Waals surface area (Å²) in [5.74, 6) is 1.86. The normalized spacial score (nSPS) is 20.2. The van der Waals surface area contributed by atoms with Crippen LogP contribution in [-0.4, -0.2) is 50.7 Å². The van der Waals surface area contributed by atoms with E-state index in [0.717, 1.165) is 26.1 Å². The van der Waals surface area contributed by atoms with Crippen molar-refractivity contribution in [3.63, 3.8) is 0 Å². The SMILES string of the molecule is CNCC1CCCN(C(=O)c2cccc3c2OCCO3)C1.Cl. The van der Waals surface area contributed by atoms with Crippen molar-refractivity contribution in [3.8, 4) is 11.5 Å². The molecular formula is C16H23ClN2O3. The van der Waals surface area contributed by atoms with Gasteiger partial charge in [0.2, 0.25) is 0 Å². The minimum absolute atomic E-state index is 0. The van der Waals surface area contributed by atoms with E-state index in [0.29, 0.717) is 36.2 Å². The fraction of sp³-hybridized carbons (Fsp3) is 0.562. The third-order valence-electron chi connectivity index (χ3n) is 4.10. The van der Waals surface area contributed by atoms with E-state index in [1.165, 1.54) is 6.42 Å². The molecule has 0 spiro atoms. The lowest BCUT2D eigenvalue weighted by atomic mass is 9.97. The maximum absolute atomic E-state index is 12.8. The Morgan fingerprint density at radius 2 is 2.18 bits per heavy atom. The molecule has 1 saturated heterocycles. The molecular weight excluding hydrogens is 304 g/mol. The summed E-state index contributed by atoms with van der Waals surface area (Å²) in [6, 6.07) is 5.54. The largest absolute Gasteiger partial charge is 0.486 e. The van der Waals surface area contributed by atoms with Gasteiger partial charge in [0, 0.05) is 13.1 Å². The minimum Gasteiger partial charge on any atom is -0.486 e. The van der Waals surface area contributed by atoms with Crippen molar-refractivity contribution < 1.29 is 14.3 Å². The lowest BCUT2D eigenvalue weighted by Gasteiger charge is -2.33. The maximum atomic E-state index is 12.8. The molecule has 2 aliphatic heterocycles. The van der Waals surface area contributed by atoms with Crippen LogP contribution in [0.5, 0.6) is 11.5 Å². The standard InChI is InChI=1S/C16H22N2O3.ClH/c1-17-10-12-4-3-7-18(11-12)16(19)13-5-2-6-14-15(13)21-9-8-20-14;/h2,5-6,12,17H,3-4,7-11H2,1H3;1H. The number of hydrogen-bond acceptors (Lipinski definition) is 4. The Balaban J connectivity index is 0.00000176. The molecule has 22 heavy (non-hydrogen) atoms. The van der Waals surface area contributed by atoms with Gasteiger partial charge in [-0.1, -0.05) is 6.07 Å². The van der Waals surface area contributed by atoms with Crippen LogP contribution in [0.15, 0.2) is 18.2 Å². The number of carbonyl (C=O) groups is 1. The average Bonchev–Trinajstić information content (AvgIpc) is 2.54. The van der Waals surface area contributed by atoms with Gasteiger partial charge in [-0.3, -0.25) is 4.79 Å². The van der Waals surface area contributed by atoms with Gasteiger partial charge in [0.05, 0.1) is 5.56 Å². The number of halogens is 1. The molecule has 0 radical (unpaired) electrons. The smallest absolute Gasteiger partial charge is 0.257 e. The Hall–Kier alpha value is -1.46. The number of piperidine rings is 1. The van der Waals surface area contributed by atoms with Crippen LogP contribution >= 0.6 is 12.4 Å². The number of likely N-dealkylation sites (tertiary alicyclic amines) is 1. The molecule has 122 valence electrons. The van der Waals surface area contributed by atoms with Gasteiger partial charge in [-0.15, -0.1) is 12.4 Å². The number of fused-ring (bicyclic) bond motifs is 1. The lowest BCUT2D eigenvalue weighted by molar-refractivity contribution is 0.0664. The Morgan fingerprint density at radius 3 is 3.00 bits per heavy atom. The highest BCUT2D eigenvalue weighted by Gasteiger charge is 2.28. The van der Waals surface area contributed by atoms with Crippen LogP contribution in [0.1, 0.15) is 23.2 Å². The zero-order chi connectivity index (χ0) is 14.7. The van der Waals surface area contributed by atoms with Gasteiger partial charge in [-0.05, 0) is 44.5 Å². The summed E-state index contributed by atoms with van der Waals surface area (Å²) in [5.41, 5.74) is 0.623. The molecule has 5 nitrogen and oxygen atoms in total. The first-order valence-electron chi connectivity index (χ1n) is 7.62. The summed E-state index contributed by atoms with van der Waals surface area (Å²) >= 11 is 0. The number of hydrogen-bond donors (Lipinski definition) is 1. The zero-order valence-electron chi connectivity index (χ0n) is 12.8. The Bertz CT molecular complexity index is 522. The van der Waals surface area contributed by atoms with E-state index in [4.69, 9.17) is 9.47 Å². The van der Waals surface area contributed by atoms with E-state index < -0.39 is 0 Å². The van der Waals surface area contributed by atoms with Gasteiger partial charge < -0.3 is 19.7 Å². The maximum Gasteiger partial charge on any atom is 0.257 e. The van der Waals surface area contributed by atoms with Crippen LogP contribution in [0.25, 0.3) is 0 Å². The molecule has 1 fully saturated rings. The van der Waals surface area contributed by atoms with Crippen molar-refractivity contribution in [2.45, 2.75) is 12.8 Å². The second-order valence-electron chi connectivity index (χ2n) is 5.65. The number of nitrogens with one attached hydrogen (secondary N) is 1. The molecule has 0 aliphatic carbocycles. The summed E-state index contributed by atoms with van der Waals surface area (Å²) in [6.45, 7) is 3.63. The predicted octanol–water partition coefficient (Wildman–Crippen LogP) is 1.95. The number of amides is 1. The topological polar surface area (TPSA) is 50.8 Å². The van der Waals surface area contributed by atoms with Gasteiger partial charge in [0.25, 0.3) is 5.91 Å². The van der Waals surface area contributed by atoms with Crippen LogP contribution in [-0.2, 0) is 0 Å². The number of benzene rings is 1. The first-order chi connectivity index (χ1) is 10.3. The van der Waals surface area contributed by atoms with E-state index in [1.807, 2.05) is 30.1 Å².